The van der Waals surface area contributed by atoms with Crippen LogP contribution >= 0.6 is 0 Å². The molecule has 6 rings (SSSR count). The van der Waals surface area contributed by atoms with E-state index in [1.807, 2.05) is 6.92 Å². The number of nitrogens with two attached hydrogens (primary N) is 1. The van der Waals surface area contributed by atoms with Crippen LogP contribution in [-0.2, 0) is 23.9 Å². The molecule has 0 bridgehead atoms. The molecule has 2 heterocycles. The molecular formula is C35H54N2O7. The van der Waals surface area contributed by atoms with Gasteiger partial charge in [-0.3, -0.25) is 9.59 Å². The number of nitrogens with one attached hydrogen (secondary N) is 1. The standard InChI is InChI=1S/C35H54N2O7/c1-21(11-12-23-15-16-37-29(36)18-23)25(20-38)19-34-31(40)26-9-5-6-10-27(26)32(41)35(34,44-34)33(42)43-28-14-13-24(30(28)39)17-22-7-3-2-4-8-22/h22-24,26-30,37-39H,2-20,36H2,1H3/t23?,24-,26?,27?,28+,29?,30+,34+,35+/m1/s1. The molecule has 4 aliphatic carbocycles. The van der Waals surface area contributed by atoms with Gasteiger partial charge in [-0.05, 0) is 94.6 Å². The van der Waals surface area contributed by atoms with Gasteiger partial charge < -0.3 is 30.7 Å². The van der Waals surface area contributed by atoms with Crippen molar-refractivity contribution < 1.29 is 34.1 Å². The third kappa shape index (κ3) is 5.85. The maximum atomic E-state index is 14.2. The largest absolute Gasteiger partial charge is 0.457 e. The summed E-state index contributed by atoms with van der Waals surface area (Å²) in [6, 6.07) is 0. The van der Waals surface area contributed by atoms with Crippen LogP contribution in [0, 0.1) is 29.6 Å². The van der Waals surface area contributed by atoms with Crippen molar-refractivity contribution in [2.24, 2.45) is 35.3 Å². The summed E-state index contributed by atoms with van der Waals surface area (Å²) in [5, 5.41) is 25.0. The lowest BCUT2D eigenvalue weighted by Gasteiger charge is -2.37. The highest BCUT2D eigenvalue weighted by Crippen LogP contribution is 2.62. The van der Waals surface area contributed by atoms with Gasteiger partial charge in [-0.2, -0.15) is 0 Å². The lowest BCUT2D eigenvalue weighted by atomic mass is 9.60. The summed E-state index contributed by atoms with van der Waals surface area (Å²) >= 11 is 0. The van der Waals surface area contributed by atoms with Crippen molar-refractivity contribution in [2.75, 3.05) is 13.2 Å². The number of piperidine rings is 1. The second kappa shape index (κ2) is 13.2. The fraction of sp³-hybridized carbons (Fsp3) is 0.857. The number of ketones is 2. The predicted molar refractivity (Wildman–Crippen MR) is 164 cm³/mol. The van der Waals surface area contributed by atoms with Gasteiger partial charge in [-0.1, -0.05) is 50.5 Å². The molecule has 44 heavy (non-hydrogen) atoms. The minimum atomic E-state index is -1.98. The first-order valence-corrected chi connectivity index (χ1v) is 17.7. The normalized spacial score (nSPS) is 41.5. The zero-order chi connectivity index (χ0) is 31.1. The number of aliphatic hydroxyl groups excluding tert-OH is 2. The number of allylic oxidation sites excluding steroid dienone is 1. The maximum Gasteiger partial charge on any atom is 0.350 e. The van der Waals surface area contributed by atoms with Gasteiger partial charge in [0.2, 0.25) is 0 Å². The summed E-state index contributed by atoms with van der Waals surface area (Å²) in [7, 11) is 0. The highest BCUT2D eigenvalue weighted by Gasteiger charge is 2.87. The van der Waals surface area contributed by atoms with Crippen LogP contribution in [0.1, 0.15) is 116 Å². The number of epoxide rings is 1. The average molecular weight is 615 g/mol. The molecule has 6 aliphatic rings. The fourth-order valence-electron chi connectivity index (χ4n) is 9.60. The number of rotatable bonds is 10. The van der Waals surface area contributed by atoms with Gasteiger partial charge in [0.05, 0.1) is 18.9 Å². The number of ether oxygens (including phenoxy) is 2. The lowest BCUT2D eigenvalue weighted by molar-refractivity contribution is -0.166. The Kier molecular flexibility index (Phi) is 9.71. The first-order valence-electron chi connectivity index (χ1n) is 17.7. The molecule has 4 unspecified atom stereocenters. The molecule has 0 aromatic rings. The van der Waals surface area contributed by atoms with Crippen molar-refractivity contribution >= 4 is 17.5 Å². The third-order valence-corrected chi connectivity index (χ3v) is 12.4. The van der Waals surface area contributed by atoms with Gasteiger partial charge in [0.15, 0.2) is 17.2 Å². The molecule has 246 valence electrons. The molecule has 0 aromatic carbocycles. The first kappa shape index (κ1) is 32.3. The predicted octanol–water partition coefficient (Wildman–Crippen LogP) is 3.87. The summed E-state index contributed by atoms with van der Waals surface area (Å²) in [4.78, 5) is 42.4. The molecule has 2 aliphatic heterocycles. The van der Waals surface area contributed by atoms with Crippen LogP contribution in [0.3, 0.4) is 0 Å². The number of fused-ring (bicyclic) bond motifs is 2. The molecule has 9 heteroatoms. The lowest BCUT2D eigenvalue weighted by Crippen LogP contribution is -2.59. The Labute approximate surface area is 262 Å². The summed E-state index contributed by atoms with van der Waals surface area (Å²) in [6.07, 6.45) is 13.4. The van der Waals surface area contributed by atoms with Crippen LogP contribution in [0.25, 0.3) is 0 Å². The number of hydrogen-bond donors (Lipinski definition) is 4. The Bertz CT molecular complexity index is 1130. The van der Waals surface area contributed by atoms with E-state index in [0.29, 0.717) is 36.7 Å². The molecule has 5 N–H and O–H groups in total. The third-order valence-electron chi connectivity index (χ3n) is 12.4. The van der Waals surface area contributed by atoms with Gasteiger partial charge in [0.1, 0.15) is 6.10 Å². The summed E-state index contributed by atoms with van der Waals surface area (Å²) in [5.41, 5.74) is 4.10. The highest BCUT2D eigenvalue weighted by atomic mass is 16.7. The molecule has 2 saturated heterocycles. The van der Waals surface area contributed by atoms with Gasteiger partial charge in [0.25, 0.3) is 5.60 Å². The van der Waals surface area contributed by atoms with E-state index in [0.717, 1.165) is 63.5 Å². The molecule has 0 radical (unpaired) electrons. The van der Waals surface area contributed by atoms with Crippen molar-refractivity contribution in [2.45, 2.75) is 146 Å². The van der Waals surface area contributed by atoms with Crippen LogP contribution in [-0.4, -0.2) is 70.5 Å². The van der Waals surface area contributed by atoms with Crippen LogP contribution in [0.2, 0.25) is 0 Å². The number of Topliss-reactive ketones (excluding diaryl/α,β-unsaturated/α-hetero) is 2. The molecular weight excluding hydrogens is 560 g/mol. The quantitative estimate of drug-likeness (QED) is 0.124. The zero-order valence-electron chi connectivity index (χ0n) is 26.6. The van der Waals surface area contributed by atoms with Gasteiger partial charge in [0, 0.05) is 18.3 Å². The molecule has 9 atom stereocenters. The van der Waals surface area contributed by atoms with Crippen LogP contribution in [0.4, 0.5) is 0 Å². The molecule has 6 fully saturated rings. The number of aliphatic hydroxyl groups is 2. The maximum absolute atomic E-state index is 14.2. The molecule has 0 aromatic heterocycles. The molecule has 0 spiro atoms. The first-order chi connectivity index (χ1) is 21.2. The van der Waals surface area contributed by atoms with Crippen molar-refractivity contribution in [1.29, 1.82) is 0 Å². The Hall–Kier alpha value is -1.65. The van der Waals surface area contributed by atoms with E-state index in [-0.39, 0.29) is 36.7 Å². The fourth-order valence-corrected chi connectivity index (χ4v) is 9.60. The summed E-state index contributed by atoms with van der Waals surface area (Å²) < 4.78 is 12.2. The van der Waals surface area contributed by atoms with Gasteiger partial charge >= 0.3 is 5.97 Å². The van der Waals surface area contributed by atoms with Crippen molar-refractivity contribution in [3.8, 4) is 0 Å². The Morgan fingerprint density at radius 3 is 2.39 bits per heavy atom. The number of hydrogen-bond acceptors (Lipinski definition) is 9. The van der Waals surface area contributed by atoms with Crippen molar-refractivity contribution in [3.63, 3.8) is 0 Å². The van der Waals surface area contributed by atoms with E-state index in [9.17, 15) is 24.6 Å². The Morgan fingerprint density at radius 2 is 1.68 bits per heavy atom. The number of carbonyl (C=O) groups is 3. The van der Waals surface area contributed by atoms with E-state index in [4.69, 9.17) is 15.2 Å². The highest BCUT2D eigenvalue weighted by molar-refractivity contribution is 6.23. The van der Waals surface area contributed by atoms with E-state index in [2.05, 4.69) is 5.32 Å². The van der Waals surface area contributed by atoms with E-state index >= 15 is 0 Å². The zero-order valence-corrected chi connectivity index (χ0v) is 26.6. The van der Waals surface area contributed by atoms with Crippen molar-refractivity contribution in [1.82, 2.24) is 5.32 Å². The van der Waals surface area contributed by atoms with Crippen LogP contribution < -0.4 is 11.1 Å². The second-order valence-electron chi connectivity index (χ2n) is 15.1. The molecule has 0 amide bonds. The van der Waals surface area contributed by atoms with Gasteiger partial charge in [-0.25, -0.2) is 4.79 Å². The van der Waals surface area contributed by atoms with E-state index in [1.165, 1.54) is 32.1 Å². The minimum absolute atomic E-state index is 0.00374. The summed E-state index contributed by atoms with van der Waals surface area (Å²) in [6.45, 7) is 2.58. The minimum Gasteiger partial charge on any atom is -0.457 e. The summed E-state index contributed by atoms with van der Waals surface area (Å²) in [5.74, 6) is -1.19. The van der Waals surface area contributed by atoms with E-state index in [1.54, 1.807) is 0 Å². The number of esters is 1. The average Bonchev–Trinajstić information content (AvgIpc) is 3.64. The molecule has 4 saturated carbocycles. The van der Waals surface area contributed by atoms with Crippen LogP contribution in [0.5, 0.6) is 0 Å². The molecule has 9 nitrogen and oxygen atoms in total. The van der Waals surface area contributed by atoms with E-state index < -0.39 is 41.2 Å². The number of carbonyl (C=O) groups excluding carboxylic acids is 3. The second-order valence-corrected chi connectivity index (χ2v) is 15.1. The SMILES string of the molecule is CC(CCC1CCNC(N)C1)=C(CO)C[C@@]12O[C@]1(C(=O)O[C@H]1CC[C@H](CC3CCCCC3)[C@@H]1O)C(=O)C1CCCCC1C2=O. The van der Waals surface area contributed by atoms with Crippen molar-refractivity contribution in [3.05, 3.63) is 11.1 Å². The Morgan fingerprint density at radius 1 is 0.977 bits per heavy atom. The smallest absolute Gasteiger partial charge is 0.350 e. The van der Waals surface area contributed by atoms with Gasteiger partial charge in [-0.15, -0.1) is 0 Å². The topological polar surface area (TPSA) is 151 Å². The monoisotopic (exact) mass is 614 g/mol. The van der Waals surface area contributed by atoms with Crippen LogP contribution in [0.15, 0.2) is 11.1 Å². The Balaban J connectivity index is 1.20.